The van der Waals surface area contributed by atoms with Crippen LogP contribution in [0, 0.1) is 17.0 Å². The molecule has 5 nitrogen and oxygen atoms in total. The van der Waals surface area contributed by atoms with Crippen molar-refractivity contribution in [2.45, 2.75) is 39.2 Å². The van der Waals surface area contributed by atoms with E-state index in [9.17, 15) is 10.1 Å². The van der Waals surface area contributed by atoms with Gasteiger partial charge in [0.25, 0.3) is 11.5 Å². The van der Waals surface area contributed by atoms with Crippen molar-refractivity contribution in [3.63, 3.8) is 0 Å². The lowest BCUT2D eigenvalue weighted by Gasteiger charge is -2.06. The Balaban J connectivity index is 1.93. The summed E-state index contributed by atoms with van der Waals surface area (Å²) in [5, 5.41) is 11.2. The minimum Gasteiger partial charge on any atom is -0.258 e. The Hall–Kier alpha value is -2.95. The highest BCUT2D eigenvalue weighted by molar-refractivity contribution is 5.64. The van der Waals surface area contributed by atoms with E-state index in [1.165, 1.54) is 30.7 Å². The van der Waals surface area contributed by atoms with E-state index in [0.29, 0.717) is 0 Å². The number of nitrogens with zero attached hydrogens (tertiary/aromatic N) is 3. The number of nitro groups is 1. The molecular weight excluding hydrogens is 326 g/mol. The Morgan fingerprint density at radius 2 is 1.88 bits per heavy atom. The highest BCUT2D eigenvalue weighted by atomic mass is 16.6. The van der Waals surface area contributed by atoms with Gasteiger partial charge in [-0.2, -0.15) is 4.57 Å². The van der Waals surface area contributed by atoms with Crippen molar-refractivity contribution >= 4 is 5.69 Å². The van der Waals surface area contributed by atoms with Gasteiger partial charge in [0, 0.05) is 24.1 Å². The summed E-state index contributed by atoms with van der Waals surface area (Å²) in [7, 11) is 0. The fourth-order valence-corrected chi connectivity index (χ4v) is 3.70. The fourth-order valence-electron chi connectivity index (χ4n) is 3.70. The monoisotopic (exact) mass is 348 g/mol. The fraction of sp³-hybridized carbons (Fsp3) is 0.286. The van der Waals surface area contributed by atoms with Crippen LogP contribution in [0.25, 0.3) is 16.9 Å². The lowest BCUT2D eigenvalue weighted by atomic mass is 10.1. The normalized spacial score (nSPS) is 13.9. The summed E-state index contributed by atoms with van der Waals surface area (Å²) in [5.74, 6) is 1.27. The van der Waals surface area contributed by atoms with Crippen molar-refractivity contribution in [2.75, 3.05) is 0 Å². The summed E-state index contributed by atoms with van der Waals surface area (Å²) in [6.45, 7) is 3.08. The number of rotatable bonds is 3. The van der Waals surface area contributed by atoms with Crippen LogP contribution < -0.4 is 4.57 Å². The standard InChI is InChI=1S/C21H22N3O2/c1-16-9-11-18(12-10-16)23-20(15-22-13-4-2-3-8-21(22)23)17-6-5-7-19(14-17)24(25)26/h5-7,9-12,14-15H,2-4,8,13H2,1H3/q+1. The van der Waals surface area contributed by atoms with Gasteiger partial charge in [0.2, 0.25) is 0 Å². The molecule has 0 amide bonds. The molecule has 26 heavy (non-hydrogen) atoms. The molecule has 1 aromatic heterocycles. The van der Waals surface area contributed by atoms with Gasteiger partial charge >= 0.3 is 0 Å². The molecule has 0 bridgehead atoms. The Bertz CT molecular complexity index is 958. The molecule has 2 heterocycles. The van der Waals surface area contributed by atoms with E-state index in [1.54, 1.807) is 18.2 Å². The molecule has 2 aromatic carbocycles. The third kappa shape index (κ3) is 3.01. The molecule has 132 valence electrons. The third-order valence-electron chi connectivity index (χ3n) is 5.05. The maximum absolute atomic E-state index is 11.2. The molecule has 5 heteroatoms. The Labute approximate surface area is 152 Å². The van der Waals surface area contributed by atoms with Gasteiger partial charge in [-0.05, 0) is 38.3 Å². The van der Waals surface area contributed by atoms with Crippen LogP contribution in [0.1, 0.15) is 30.7 Å². The van der Waals surface area contributed by atoms with Crippen LogP contribution >= 0.6 is 0 Å². The average Bonchev–Trinajstić information content (AvgIpc) is 2.85. The maximum atomic E-state index is 11.2. The summed E-state index contributed by atoms with van der Waals surface area (Å²) in [4.78, 5) is 10.9. The number of hydrogen-bond donors (Lipinski definition) is 0. The minimum absolute atomic E-state index is 0.124. The van der Waals surface area contributed by atoms with Gasteiger partial charge in [0.15, 0.2) is 5.69 Å². The lowest BCUT2D eigenvalue weighted by Crippen LogP contribution is -2.35. The van der Waals surface area contributed by atoms with Crippen molar-refractivity contribution in [1.29, 1.82) is 0 Å². The van der Waals surface area contributed by atoms with Crippen molar-refractivity contribution < 1.29 is 9.49 Å². The second-order valence-electron chi connectivity index (χ2n) is 6.91. The van der Waals surface area contributed by atoms with Gasteiger partial charge in [0.05, 0.1) is 11.5 Å². The molecule has 0 aliphatic carbocycles. The molecule has 4 rings (SSSR count). The first-order valence-electron chi connectivity index (χ1n) is 9.09. The predicted molar refractivity (Wildman–Crippen MR) is 100 cm³/mol. The Kier molecular flexibility index (Phi) is 4.29. The number of aryl methyl sites for hydroxylation is 2. The molecule has 0 spiro atoms. The number of nitro benzene ring substituents is 1. The molecule has 0 radical (unpaired) electrons. The number of fused-ring (bicyclic) bond motifs is 1. The zero-order valence-corrected chi connectivity index (χ0v) is 14.9. The average molecular weight is 348 g/mol. The van der Waals surface area contributed by atoms with E-state index in [-0.39, 0.29) is 10.6 Å². The summed E-state index contributed by atoms with van der Waals surface area (Å²) in [6.07, 6.45) is 6.75. The van der Waals surface area contributed by atoms with Crippen LogP contribution in [0.3, 0.4) is 0 Å². The molecule has 1 aliphatic heterocycles. The zero-order valence-electron chi connectivity index (χ0n) is 14.9. The quantitative estimate of drug-likeness (QED) is 0.401. The zero-order chi connectivity index (χ0) is 18.1. The first kappa shape index (κ1) is 16.5. The van der Waals surface area contributed by atoms with Crippen LogP contribution in [0.4, 0.5) is 5.69 Å². The smallest absolute Gasteiger partial charge is 0.258 e. The van der Waals surface area contributed by atoms with Gasteiger partial charge < -0.3 is 0 Å². The van der Waals surface area contributed by atoms with Gasteiger partial charge in [-0.1, -0.05) is 29.8 Å². The van der Waals surface area contributed by atoms with Gasteiger partial charge in [0.1, 0.15) is 11.9 Å². The van der Waals surface area contributed by atoms with Gasteiger partial charge in [-0.25, -0.2) is 4.57 Å². The van der Waals surface area contributed by atoms with Gasteiger partial charge in [-0.15, -0.1) is 0 Å². The van der Waals surface area contributed by atoms with Crippen molar-refractivity contribution in [3.05, 3.63) is 76.2 Å². The SMILES string of the molecule is Cc1ccc(-n2c(-c3cccc([N+](=O)[O-])c3)c[n+]3c2CCCCC3)cc1. The molecule has 0 saturated heterocycles. The Morgan fingerprint density at radius 1 is 1.08 bits per heavy atom. The second kappa shape index (κ2) is 6.75. The van der Waals surface area contributed by atoms with Crippen LogP contribution in [-0.2, 0) is 13.0 Å². The number of hydrogen-bond acceptors (Lipinski definition) is 2. The second-order valence-corrected chi connectivity index (χ2v) is 6.91. The van der Waals surface area contributed by atoms with Crippen LogP contribution in [0.15, 0.2) is 54.7 Å². The van der Waals surface area contributed by atoms with Crippen LogP contribution in [-0.4, -0.2) is 9.49 Å². The van der Waals surface area contributed by atoms with E-state index in [2.05, 4.69) is 46.5 Å². The highest BCUT2D eigenvalue weighted by Crippen LogP contribution is 2.28. The molecule has 0 saturated carbocycles. The van der Waals surface area contributed by atoms with Crippen LogP contribution in [0.5, 0.6) is 0 Å². The van der Waals surface area contributed by atoms with E-state index in [4.69, 9.17) is 0 Å². The molecule has 3 aromatic rings. The molecule has 0 atom stereocenters. The third-order valence-corrected chi connectivity index (χ3v) is 5.05. The minimum atomic E-state index is -0.333. The molecule has 0 fully saturated rings. The number of benzene rings is 2. The van der Waals surface area contributed by atoms with E-state index >= 15 is 0 Å². The van der Waals surface area contributed by atoms with Crippen molar-refractivity contribution in [3.8, 4) is 16.9 Å². The summed E-state index contributed by atoms with van der Waals surface area (Å²) in [6, 6.07) is 15.4. The van der Waals surface area contributed by atoms with Crippen molar-refractivity contribution in [2.24, 2.45) is 0 Å². The first-order valence-corrected chi connectivity index (χ1v) is 9.09. The molecule has 0 N–H and O–H groups in total. The van der Waals surface area contributed by atoms with Gasteiger partial charge in [-0.3, -0.25) is 10.1 Å². The Morgan fingerprint density at radius 3 is 2.65 bits per heavy atom. The van der Waals surface area contributed by atoms with E-state index < -0.39 is 0 Å². The van der Waals surface area contributed by atoms with E-state index in [0.717, 1.165) is 29.9 Å². The topological polar surface area (TPSA) is 51.9 Å². The van der Waals surface area contributed by atoms with E-state index in [1.807, 2.05) is 6.07 Å². The predicted octanol–water partition coefficient (Wildman–Crippen LogP) is 4.37. The number of imidazole rings is 1. The molecular formula is C21H22N3O2+. The number of non-ortho nitro benzene ring substituents is 1. The lowest BCUT2D eigenvalue weighted by molar-refractivity contribution is -0.702. The summed E-state index contributed by atoms with van der Waals surface area (Å²) < 4.78 is 4.59. The number of aromatic nitrogens is 2. The van der Waals surface area contributed by atoms with Crippen molar-refractivity contribution in [1.82, 2.24) is 4.57 Å². The molecule has 0 unspecified atom stereocenters. The van der Waals surface area contributed by atoms with Crippen LogP contribution in [0.2, 0.25) is 0 Å². The summed E-state index contributed by atoms with van der Waals surface area (Å²) >= 11 is 0. The summed E-state index contributed by atoms with van der Waals surface area (Å²) in [5.41, 5.74) is 4.33. The maximum Gasteiger partial charge on any atom is 0.270 e. The largest absolute Gasteiger partial charge is 0.270 e. The highest BCUT2D eigenvalue weighted by Gasteiger charge is 2.27. The first-order chi connectivity index (χ1) is 12.6. The molecule has 1 aliphatic rings.